The first-order chi connectivity index (χ1) is 42.6. The minimum Gasteiger partial charge on any atom is -0.479 e. The first kappa shape index (κ1) is 77.9. The average Bonchev–Trinajstić information content (AvgIpc) is 0.665. The maximum atomic E-state index is 14.5. The van der Waals surface area contributed by atoms with E-state index >= 15 is 0 Å². The van der Waals surface area contributed by atoms with Gasteiger partial charge in [-0.05, 0) is 197 Å². The van der Waals surface area contributed by atoms with Crippen LogP contribution in [-0.2, 0) is 52.3 Å². The summed E-state index contributed by atoms with van der Waals surface area (Å²) in [4.78, 5) is 41.2. The molecule has 0 bridgehead atoms. The van der Waals surface area contributed by atoms with E-state index in [1.54, 1.807) is 19.9 Å². The van der Waals surface area contributed by atoms with Crippen molar-refractivity contribution < 1.29 is 120 Å². The van der Waals surface area contributed by atoms with Gasteiger partial charge < -0.3 is 104 Å². The van der Waals surface area contributed by atoms with E-state index in [4.69, 9.17) is 37.9 Å². The zero-order chi connectivity index (χ0) is 73.0. The molecule has 0 radical (unpaired) electrons. The van der Waals surface area contributed by atoms with Gasteiger partial charge in [0.2, 0.25) is 0 Å². The van der Waals surface area contributed by atoms with Crippen LogP contribution in [0.4, 0.5) is 0 Å². The molecule has 5 aliphatic carbocycles. The van der Waals surface area contributed by atoms with Crippen molar-refractivity contribution in [1.82, 2.24) is 0 Å². The molecule has 0 aromatic rings. The SMILES string of the molecule is C/C=C(/C)C(=O)OC1[C@H](OC(C)=O)C2(CO)C(CC1(C)C)C1=CCC3C4(C)CCC(OC[C@]5(C)O[C@](C)(C(=O)O)[C@@](C)(O[C@]6(C)O[C@](C)(CO)[C@@](C)(O)[C@@](C)(O)[C@]6(C)O)[C@@](C)(O)[C@]5(C)O[C@]5(C)O[C@](C)(CO)[C@@](C)(O)[C@@](C)(O)[C@]5(C)O)[C@](C)(CO)C4CCC3(C)[C@]1(C)C[C@H]2O.[HH]. The molecule has 8 aliphatic rings. The van der Waals surface area contributed by atoms with E-state index in [1.807, 2.05) is 20.8 Å². The molecule has 7 fully saturated rings. The number of carbonyl (C=O) groups is 3. The van der Waals surface area contributed by atoms with Gasteiger partial charge in [-0.15, -0.1) is 0 Å². The van der Waals surface area contributed by atoms with Crippen LogP contribution in [0.5, 0.6) is 0 Å². The van der Waals surface area contributed by atoms with E-state index < -0.39 is 198 Å². The Balaban J connectivity index is 0.0000130. The van der Waals surface area contributed by atoms with Crippen LogP contribution < -0.4 is 0 Å². The summed E-state index contributed by atoms with van der Waals surface area (Å²) in [6.07, 6.45) is 2.64. The van der Waals surface area contributed by atoms with Gasteiger partial charge in [0.25, 0.3) is 0 Å². The number of carbonyl (C=O) groups excluding carboxylic acids is 2. The Morgan fingerprint density at radius 1 is 0.579 bits per heavy atom. The van der Waals surface area contributed by atoms with E-state index in [-0.39, 0.29) is 19.7 Å². The highest BCUT2D eigenvalue weighted by Gasteiger charge is 2.86. The van der Waals surface area contributed by atoms with Crippen LogP contribution in [0.1, 0.15) is 213 Å². The lowest BCUT2D eigenvalue weighted by Crippen LogP contribution is -2.92. The highest BCUT2D eigenvalue weighted by Crippen LogP contribution is 2.77. The molecule has 3 heterocycles. The number of fused-ring (bicyclic) bond motifs is 7. The fraction of sp³-hybridized carbons (Fsp3) is 0.901. The second kappa shape index (κ2) is 22.6. The van der Waals surface area contributed by atoms with Crippen LogP contribution in [-0.4, -0.2) is 226 Å². The molecule has 0 spiro atoms. The quantitative estimate of drug-likeness (QED) is 0.0594. The summed E-state index contributed by atoms with van der Waals surface area (Å²) < 4.78 is 53.7. The third kappa shape index (κ3) is 9.44. The van der Waals surface area contributed by atoms with Crippen LogP contribution >= 0.6 is 0 Å². The minimum absolute atomic E-state index is 0. The molecule has 4 saturated carbocycles. The average molecular weight is 1360 g/mol. The number of hydrogen-bond acceptors (Lipinski definition) is 23. The summed E-state index contributed by atoms with van der Waals surface area (Å²) in [7, 11) is 0. The number of carboxylic acid groups (broad SMARTS) is 1. The number of ether oxygens (including phenoxy) is 8. The molecule has 8 unspecified atom stereocenters. The Morgan fingerprint density at radius 2 is 1.07 bits per heavy atom. The van der Waals surface area contributed by atoms with Gasteiger partial charge >= 0.3 is 17.9 Å². The maximum absolute atomic E-state index is 14.5. The molecular formula is C71H120O24. The second-order valence-corrected chi connectivity index (χ2v) is 34.7. The molecule has 8 rings (SSSR count). The zero-order valence-electron chi connectivity index (χ0n) is 61.0. The number of aliphatic hydroxyl groups is 12. The van der Waals surface area contributed by atoms with Crippen molar-refractivity contribution in [2.45, 2.75) is 320 Å². The topological polar surface area (TPSA) is 388 Å². The summed E-state index contributed by atoms with van der Waals surface area (Å²) in [6.45, 7) is 31.0. The lowest BCUT2D eigenvalue weighted by molar-refractivity contribution is -0.525. The van der Waals surface area contributed by atoms with E-state index in [1.165, 1.54) is 41.5 Å². The zero-order valence-corrected chi connectivity index (χ0v) is 61.0. The fourth-order valence-corrected chi connectivity index (χ4v) is 20.7. The molecule has 548 valence electrons. The molecule has 3 saturated heterocycles. The second-order valence-electron chi connectivity index (χ2n) is 34.7. The van der Waals surface area contributed by atoms with Crippen molar-refractivity contribution in [3.63, 3.8) is 0 Å². The number of allylic oxidation sites excluding steroid dienone is 3. The van der Waals surface area contributed by atoms with Gasteiger partial charge in [0, 0.05) is 24.8 Å². The first-order valence-corrected chi connectivity index (χ1v) is 33.9. The number of carboxylic acids is 1. The third-order valence-electron chi connectivity index (χ3n) is 29.7. The van der Waals surface area contributed by atoms with Crippen LogP contribution in [0, 0.1) is 50.2 Å². The third-order valence-corrected chi connectivity index (χ3v) is 29.7. The van der Waals surface area contributed by atoms with Gasteiger partial charge in [-0.25, -0.2) is 9.59 Å². The Kier molecular flexibility index (Phi) is 18.5. The molecule has 24 nitrogen and oxygen atoms in total. The summed E-state index contributed by atoms with van der Waals surface area (Å²) in [5, 5.41) is 159. The van der Waals surface area contributed by atoms with Crippen molar-refractivity contribution in [1.29, 1.82) is 0 Å². The summed E-state index contributed by atoms with van der Waals surface area (Å²) in [5.74, 6) is -9.29. The van der Waals surface area contributed by atoms with Crippen molar-refractivity contribution >= 4 is 17.9 Å². The molecular weight excluding hydrogens is 1240 g/mol. The Morgan fingerprint density at radius 3 is 1.52 bits per heavy atom. The Bertz CT molecular complexity index is 3110. The van der Waals surface area contributed by atoms with E-state index in [0.29, 0.717) is 44.1 Å². The molecule has 13 N–H and O–H groups in total. The molecule has 0 amide bonds. The van der Waals surface area contributed by atoms with E-state index in [0.717, 1.165) is 74.8 Å². The number of aliphatic carboxylic acids is 1. The van der Waals surface area contributed by atoms with Crippen LogP contribution in [0.15, 0.2) is 23.3 Å². The predicted molar refractivity (Wildman–Crippen MR) is 345 cm³/mol. The van der Waals surface area contributed by atoms with Gasteiger partial charge in [-0.2, -0.15) is 0 Å². The van der Waals surface area contributed by atoms with Crippen molar-refractivity contribution in [2.24, 2.45) is 50.2 Å². The van der Waals surface area contributed by atoms with Gasteiger partial charge in [0.05, 0.1) is 50.7 Å². The molecule has 24 heteroatoms. The van der Waals surface area contributed by atoms with Crippen LogP contribution in [0.3, 0.4) is 0 Å². The van der Waals surface area contributed by atoms with Gasteiger partial charge in [-0.3, -0.25) is 4.79 Å². The van der Waals surface area contributed by atoms with Gasteiger partial charge in [0.1, 0.15) is 79.4 Å². The van der Waals surface area contributed by atoms with E-state index in [2.05, 4.69) is 26.8 Å². The fourth-order valence-electron chi connectivity index (χ4n) is 20.7. The van der Waals surface area contributed by atoms with E-state index in [9.17, 15) is 80.8 Å². The number of aliphatic hydroxyl groups excluding tert-OH is 5. The predicted octanol–water partition coefficient (Wildman–Crippen LogP) is 4.82. The molecule has 95 heavy (non-hydrogen) atoms. The van der Waals surface area contributed by atoms with Gasteiger partial charge in [-0.1, -0.05) is 59.3 Å². The summed E-state index contributed by atoms with van der Waals surface area (Å²) in [6, 6.07) is 0. The Hall–Kier alpha value is -2.83. The normalized spacial score (nSPS) is 56.0. The highest BCUT2D eigenvalue weighted by atomic mass is 16.8. The Labute approximate surface area is 562 Å². The maximum Gasteiger partial charge on any atom is 0.338 e. The lowest BCUT2D eigenvalue weighted by Gasteiger charge is -2.73. The largest absolute Gasteiger partial charge is 0.479 e. The molecule has 0 aromatic heterocycles. The molecule has 0 aromatic carbocycles. The summed E-state index contributed by atoms with van der Waals surface area (Å²) in [5.41, 5.74) is -37.4. The molecule has 27 atom stereocenters. The number of rotatable bonds is 15. The van der Waals surface area contributed by atoms with Gasteiger partial charge in [0.15, 0.2) is 17.2 Å². The van der Waals surface area contributed by atoms with Crippen molar-refractivity contribution in [3.05, 3.63) is 23.3 Å². The summed E-state index contributed by atoms with van der Waals surface area (Å²) >= 11 is 0. The monoisotopic (exact) mass is 1360 g/mol. The standard InChI is InChI=1S/C71H118O24.H2/c1-25-39(2)49(78)90-47-48(89-40(3)76)71(37-75)42(32-51(47,4)5)41-26-27-44-52(6)30-29-46(53(7,34-72)43(52)28-31-54(44,8)55(41,9)33-45(71)77)88-38-58(12)67(21,94-69(23)64(18,85)62(16,83)60(14,81)56(10,35-73)92-69)66(20,87)68(22,59(13,91-58)50(79)80)95-70(24)65(19,86)63(17,84)61(15,82)57(11,36-74)93-70;/h25-26,42-48,72-75,77,81-87H,27-38H2,1-24H3,(H,79,80);1H/b39-25-;/t42?,43?,44?,45-,46?,47?,48+,52?,53-,54?,55-,56-,57-,58+,59-,60-,61-,62-,63-,64+,65+,66+,67-,68-,69+,70+,71?;/m1./s1. The molecule has 3 aliphatic heterocycles. The smallest absolute Gasteiger partial charge is 0.338 e. The first-order valence-electron chi connectivity index (χ1n) is 33.9. The van der Waals surface area contributed by atoms with Crippen molar-refractivity contribution in [2.75, 3.05) is 33.0 Å². The van der Waals surface area contributed by atoms with Crippen molar-refractivity contribution in [3.8, 4) is 0 Å². The lowest BCUT2D eigenvalue weighted by atomic mass is 9.33. The number of esters is 2. The highest BCUT2D eigenvalue weighted by molar-refractivity contribution is 5.88. The minimum atomic E-state index is -2.93. The van der Waals surface area contributed by atoms with Crippen LogP contribution in [0.25, 0.3) is 0 Å². The number of hydrogen-bond donors (Lipinski definition) is 13. The van der Waals surface area contributed by atoms with Crippen LogP contribution in [0.2, 0.25) is 0 Å².